The summed E-state index contributed by atoms with van der Waals surface area (Å²) >= 11 is 0. The van der Waals surface area contributed by atoms with Crippen molar-refractivity contribution in [1.82, 2.24) is 4.57 Å². The first-order valence-electron chi connectivity index (χ1n) is 5.79. The lowest BCUT2D eigenvalue weighted by molar-refractivity contribution is -0.136. The Hall–Kier alpha value is -2.10. The van der Waals surface area contributed by atoms with Crippen LogP contribution in [0, 0.1) is 6.92 Å². The van der Waals surface area contributed by atoms with E-state index in [1.54, 1.807) is 6.07 Å². The number of rotatable bonds is 4. The zero-order chi connectivity index (χ0) is 13.3. The molecule has 1 heterocycles. The molecule has 1 aromatic heterocycles. The number of benzene rings is 1. The third kappa shape index (κ3) is 2.01. The first kappa shape index (κ1) is 12.4. The second-order valence-electron chi connectivity index (χ2n) is 4.41. The van der Waals surface area contributed by atoms with Gasteiger partial charge in [-0.3, -0.25) is 9.59 Å². The molecule has 1 N–H and O–H groups in total. The molecule has 0 bridgehead atoms. The lowest BCUT2D eigenvalue weighted by Crippen LogP contribution is -1.99. The fourth-order valence-electron chi connectivity index (χ4n) is 2.29. The number of carbonyl (C=O) groups excluding carboxylic acids is 1. The van der Waals surface area contributed by atoms with Gasteiger partial charge in [0, 0.05) is 35.6 Å². The Kier molecular flexibility index (Phi) is 3.19. The number of aromatic nitrogens is 1. The van der Waals surface area contributed by atoms with E-state index in [-0.39, 0.29) is 6.42 Å². The van der Waals surface area contributed by atoms with E-state index in [1.807, 2.05) is 30.7 Å². The predicted octanol–water partition coefficient (Wildman–Crippen LogP) is 2.32. The summed E-state index contributed by atoms with van der Waals surface area (Å²) in [5.74, 6) is -0.807. The second-order valence-corrected chi connectivity index (χ2v) is 4.41. The van der Waals surface area contributed by atoms with Crippen molar-refractivity contribution in [3.8, 4) is 0 Å². The summed E-state index contributed by atoms with van der Waals surface area (Å²) in [6.07, 6.45) is 1.40. The fraction of sp³-hybridized carbons (Fsp3) is 0.286. The van der Waals surface area contributed by atoms with Gasteiger partial charge in [0.05, 0.1) is 0 Å². The van der Waals surface area contributed by atoms with Crippen molar-refractivity contribution in [1.29, 1.82) is 0 Å². The molecule has 2 aromatic rings. The minimum Gasteiger partial charge on any atom is -0.481 e. The van der Waals surface area contributed by atoms with Crippen LogP contribution in [0.4, 0.5) is 0 Å². The third-order valence-electron chi connectivity index (χ3n) is 3.37. The van der Waals surface area contributed by atoms with E-state index in [0.29, 0.717) is 12.0 Å². The fourth-order valence-corrected chi connectivity index (χ4v) is 2.29. The maximum absolute atomic E-state index is 10.8. The maximum Gasteiger partial charge on any atom is 0.303 e. The Morgan fingerprint density at radius 1 is 1.44 bits per heavy atom. The summed E-state index contributed by atoms with van der Waals surface area (Å²) in [5, 5.41) is 9.76. The van der Waals surface area contributed by atoms with Crippen molar-refractivity contribution in [3.05, 3.63) is 35.0 Å². The molecule has 0 unspecified atom stereocenters. The van der Waals surface area contributed by atoms with E-state index in [0.717, 1.165) is 28.4 Å². The number of nitrogens with zero attached hydrogens (tertiary/aromatic N) is 1. The SMILES string of the molecule is Cc1c(CCC(=O)O)c2cc(C=O)ccc2n1C. The van der Waals surface area contributed by atoms with Crippen molar-refractivity contribution in [2.45, 2.75) is 19.8 Å². The average Bonchev–Trinajstić information content (AvgIpc) is 2.59. The first-order valence-corrected chi connectivity index (χ1v) is 5.79. The van der Waals surface area contributed by atoms with Gasteiger partial charge in [-0.2, -0.15) is 0 Å². The quantitative estimate of drug-likeness (QED) is 0.841. The molecule has 0 fully saturated rings. The summed E-state index contributed by atoms with van der Waals surface area (Å²) < 4.78 is 2.03. The number of hydrogen-bond donors (Lipinski definition) is 1. The molecule has 0 saturated heterocycles. The van der Waals surface area contributed by atoms with Crippen molar-refractivity contribution in [3.63, 3.8) is 0 Å². The molecule has 4 nitrogen and oxygen atoms in total. The smallest absolute Gasteiger partial charge is 0.303 e. The van der Waals surface area contributed by atoms with Crippen LogP contribution in [0.1, 0.15) is 28.0 Å². The molecule has 0 radical (unpaired) electrons. The van der Waals surface area contributed by atoms with Crippen molar-refractivity contribution >= 4 is 23.2 Å². The van der Waals surface area contributed by atoms with E-state index in [4.69, 9.17) is 5.11 Å². The van der Waals surface area contributed by atoms with Crippen LogP contribution in [0.15, 0.2) is 18.2 Å². The van der Waals surface area contributed by atoms with Crippen LogP contribution in [0.5, 0.6) is 0 Å². The lowest BCUT2D eigenvalue weighted by Gasteiger charge is -2.00. The summed E-state index contributed by atoms with van der Waals surface area (Å²) in [6.45, 7) is 1.97. The first-order chi connectivity index (χ1) is 8.54. The van der Waals surface area contributed by atoms with E-state index < -0.39 is 5.97 Å². The average molecular weight is 245 g/mol. The van der Waals surface area contributed by atoms with Crippen LogP contribution >= 0.6 is 0 Å². The number of aldehydes is 1. The summed E-state index contributed by atoms with van der Waals surface area (Å²) in [6, 6.07) is 5.50. The topological polar surface area (TPSA) is 59.3 Å². The van der Waals surface area contributed by atoms with E-state index in [9.17, 15) is 9.59 Å². The van der Waals surface area contributed by atoms with Gasteiger partial charge in [-0.15, -0.1) is 0 Å². The molecular weight excluding hydrogens is 230 g/mol. The predicted molar refractivity (Wildman–Crippen MR) is 69.0 cm³/mol. The number of carbonyl (C=O) groups is 2. The third-order valence-corrected chi connectivity index (χ3v) is 3.37. The van der Waals surface area contributed by atoms with Crippen LogP contribution < -0.4 is 0 Å². The standard InChI is InChI=1S/C14H15NO3/c1-9-11(4-6-14(17)18)12-7-10(8-16)3-5-13(12)15(9)2/h3,5,7-8H,4,6H2,1-2H3,(H,17,18). The highest BCUT2D eigenvalue weighted by atomic mass is 16.4. The lowest BCUT2D eigenvalue weighted by atomic mass is 10.0. The molecule has 0 amide bonds. The van der Waals surface area contributed by atoms with Crippen molar-refractivity contribution < 1.29 is 14.7 Å². The molecule has 0 aliphatic rings. The Morgan fingerprint density at radius 3 is 2.78 bits per heavy atom. The minimum atomic E-state index is -0.807. The van der Waals surface area contributed by atoms with Crippen molar-refractivity contribution in [2.24, 2.45) is 7.05 Å². The molecule has 0 saturated carbocycles. The number of fused-ring (bicyclic) bond motifs is 1. The maximum atomic E-state index is 10.8. The Morgan fingerprint density at radius 2 is 2.17 bits per heavy atom. The van der Waals surface area contributed by atoms with Gasteiger partial charge in [-0.25, -0.2) is 0 Å². The van der Waals surface area contributed by atoms with Crippen molar-refractivity contribution in [2.75, 3.05) is 0 Å². The van der Waals surface area contributed by atoms with Crippen LogP contribution in [0.25, 0.3) is 10.9 Å². The highest BCUT2D eigenvalue weighted by Crippen LogP contribution is 2.26. The molecule has 2 rings (SSSR count). The van der Waals surface area contributed by atoms with Gasteiger partial charge < -0.3 is 9.67 Å². The van der Waals surface area contributed by atoms with E-state index >= 15 is 0 Å². The molecule has 4 heteroatoms. The molecule has 0 aliphatic heterocycles. The highest BCUT2D eigenvalue weighted by molar-refractivity contribution is 5.91. The summed E-state index contributed by atoms with van der Waals surface area (Å²) in [7, 11) is 1.95. The molecule has 0 aliphatic carbocycles. The zero-order valence-corrected chi connectivity index (χ0v) is 10.4. The van der Waals surface area contributed by atoms with Gasteiger partial charge in [0.15, 0.2) is 0 Å². The van der Waals surface area contributed by atoms with Crippen LogP contribution in [-0.4, -0.2) is 21.9 Å². The summed E-state index contributed by atoms with van der Waals surface area (Å²) in [5.41, 5.74) is 3.70. The molecule has 1 aromatic carbocycles. The zero-order valence-electron chi connectivity index (χ0n) is 10.4. The monoisotopic (exact) mass is 245 g/mol. The Bertz CT molecular complexity index is 625. The Balaban J connectivity index is 2.58. The van der Waals surface area contributed by atoms with Gasteiger partial charge in [0.2, 0.25) is 0 Å². The normalized spacial score (nSPS) is 10.8. The van der Waals surface area contributed by atoms with Gasteiger partial charge in [0.25, 0.3) is 0 Å². The number of carboxylic acid groups (broad SMARTS) is 1. The Labute approximate surface area is 105 Å². The van der Waals surface area contributed by atoms with Crippen LogP contribution in [-0.2, 0) is 18.3 Å². The van der Waals surface area contributed by atoms with Gasteiger partial charge in [0.1, 0.15) is 6.29 Å². The molecule has 94 valence electrons. The van der Waals surface area contributed by atoms with Crippen LogP contribution in [0.3, 0.4) is 0 Å². The highest BCUT2D eigenvalue weighted by Gasteiger charge is 2.13. The van der Waals surface area contributed by atoms with Gasteiger partial charge in [-0.1, -0.05) is 0 Å². The number of hydrogen-bond acceptors (Lipinski definition) is 2. The number of aliphatic carboxylic acids is 1. The summed E-state index contributed by atoms with van der Waals surface area (Å²) in [4.78, 5) is 21.5. The largest absolute Gasteiger partial charge is 0.481 e. The second kappa shape index (κ2) is 4.64. The molecule has 18 heavy (non-hydrogen) atoms. The van der Waals surface area contributed by atoms with E-state index in [1.165, 1.54) is 0 Å². The molecular formula is C14H15NO3. The minimum absolute atomic E-state index is 0.102. The number of aryl methyl sites for hydroxylation is 2. The molecule has 0 atom stereocenters. The van der Waals surface area contributed by atoms with Gasteiger partial charge >= 0.3 is 5.97 Å². The van der Waals surface area contributed by atoms with Gasteiger partial charge in [-0.05, 0) is 37.1 Å². The molecule has 0 spiro atoms. The van der Waals surface area contributed by atoms with Crippen LogP contribution in [0.2, 0.25) is 0 Å². The van der Waals surface area contributed by atoms with E-state index in [2.05, 4.69) is 0 Å². The number of carboxylic acids is 1.